The quantitative estimate of drug-likeness (QED) is 0.846. The first-order valence-corrected chi connectivity index (χ1v) is 6.21. The topological polar surface area (TPSA) is 15.3 Å². The van der Waals surface area contributed by atoms with Gasteiger partial charge in [-0.05, 0) is 24.3 Å². The molecule has 0 aliphatic rings. The van der Waals surface area contributed by atoms with Crippen molar-refractivity contribution < 1.29 is 0 Å². The van der Waals surface area contributed by atoms with E-state index >= 15 is 0 Å². The van der Waals surface area contributed by atoms with Gasteiger partial charge in [-0.15, -0.1) is 0 Å². The number of nitrogens with zero attached hydrogens (tertiary/aromatic N) is 1. The zero-order valence-electron chi connectivity index (χ0n) is 10.6. The molecule has 0 atom stereocenters. The Balaban J connectivity index is 2.08. The van der Waals surface area contributed by atoms with Crippen LogP contribution in [-0.2, 0) is 0 Å². The van der Waals surface area contributed by atoms with E-state index in [1.54, 1.807) is 0 Å². The fourth-order valence-electron chi connectivity index (χ4n) is 1.64. The monoisotopic (exact) mass is 256 g/mol. The molecular formula is C15H16N2S. The van der Waals surface area contributed by atoms with Crippen molar-refractivity contribution in [3.63, 3.8) is 0 Å². The van der Waals surface area contributed by atoms with Crippen LogP contribution in [0.25, 0.3) is 0 Å². The second-order valence-electron chi connectivity index (χ2n) is 4.26. The minimum Gasteiger partial charge on any atom is -0.378 e. The molecule has 3 heteroatoms. The Morgan fingerprint density at radius 2 is 1.56 bits per heavy atom. The lowest BCUT2D eigenvalue weighted by atomic mass is 10.2. The van der Waals surface area contributed by atoms with Gasteiger partial charge in [0.15, 0.2) is 0 Å². The first-order chi connectivity index (χ1) is 8.66. The summed E-state index contributed by atoms with van der Waals surface area (Å²) in [4.78, 5) is 2.81. The first kappa shape index (κ1) is 12.6. The predicted octanol–water partition coefficient (Wildman–Crippen LogP) is 3.54. The van der Waals surface area contributed by atoms with Crippen LogP contribution in [-0.4, -0.2) is 19.1 Å². The SMILES string of the molecule is CN(C)c1ccc(NC(=S)c2ccccc2)cc1. The third kappa shape index (κ3) is 3.08. The summed E-state index contributed by atoms with van der Waals surface area (Å²) in [7, 11) is 4.05. The molecule has 18 heavy (non-hydrogen) atoms. The molecular weight excluding hydrogens is 240 g/mol. The largest absolute Gasteiger partial charge is 0.378 e. The maximum atomic E-state index is 5.37. The molecule has 92 valence electrons. The molecule has 2 rings (SSSR count). The van der Waals surface area contributed by atoms with Crippen LogP contribution >= 0.6 is 12.2 Å². The third-order valence-electron chi connectivity index (χ3n) is 2.68. The van der Waals surface area contributed by atoms with Crippen LogP contribution in [0.2, 0.25) is 0 Å². The Morgan fingerprint density at radius 3 is 2.11 bits per heavy atom. The molecule has 2 nitrogen and oxygen atoms in total. The Morgan fingerprint density at radius 1 is 0.944 bits per heavy atom. The van der Waals surface area contributed by atoms with E-state index in [1.165, 1.54) is 5.69 Å². The molecule has 2 aromatic carbocycles. The minimum absolute atomic E-state index is 0.744. The summed E-state index contributed by atoms with van der Waals surface area (Å²) in [6, 6.07) is 18.2. The summed E-state index contributed by atoms with van der Waals surface area (Å²) in [5.74, 6) is 0. The summed E-state index contributed by atoms with van der Waals surface area (Å²) >= 11 is 5.37. The average Bonchev–Trinajstić information content (AvgIpc) is 2.40. The molecule has 0 aliphatic carbocycles. The highest BCUT2D eigenvalue weighted by atomic mass is 32.1. The molecule has 0 unspecified atom stereocenters. The van der Waals surface area contributed by atoms with Crippen molar-refractivity contribution in [1.82, 2.24) is 0 Å². The Hall–Kier alpha value is -1.87. The van der Waals surface area contributed by atoms with Gasteiger partial charge in [-0.1, -0.05) is 42.5 Å². The summed E-state index contributed by atoms with van der Waals surface area (Å²) in [5, 5.41) is 3.24. The Labute approximate surface area is 113 Å². The fourth-order valence-corrected chi connectivity index (χ4v) is 1.89. The summed E-state index contributed by atoms with van der Waals surface area (Å²) < 4.78 is 0. The molecule has 0 bridgehead atoms. The zero-order chi connectivity index (χ0) is 13.0. The van der Waals surface area contributed by atoms with Gasteiger partial charge in [0.1, 0.15) is 4.99 Å². The molecule has 0 amide bonds. The van der Waals surface area contributed by atoms with E-state index in [-0.39, 0.29) is 0 Å². The lowest BCUT2D eigenvalue weighted by molar-refractivity contribution is 1.13. The number of rotatable bonds is 3. The van der Waals surface area contributed by atoms with Gasteiger partial charge in [0.05, 0.1) is 0 Å². The van der Waals surface area contributed by atoms with Crippen molar-refractivity contribution in [2.24, 2.45) is 0 Å². The van der Waals surface area contributed by atoms with Crippen LogP contribution in [0.3, 0.4) is 0 Å². The lowest BCUT2D eigenvalue weighted by Gasteiger charge is -2.13. The predicted molar refractivity (Wildman–Crippen MR) is 82.5 cm³/mol. The second-order valence-corrected chi connectivity index (χ2v) is 4.67. The minimum atomic E-state index is 0.744. The van der Waals surface area contributed by atoms with Crippen molar-refractivity contribution in [3.05, 3.63) is 60.2 Å². The fraction of sp³-hybridized carbons (Fsp3) is 0.133. The molecule has 0 spiro atoms. The molecule has 0 fully saturated rings. The van der Waals surface area contributed by atoms with Crippen LogP contribution < -0.4 is 10.2 Å². The van der Waals surface area contributed by atoms with E-state index in [9.17, 15) is 0 Å². The van der Waals surface area contributed by atoms with Gasteiger partial charge >= 0.3 is 0 Å². The van der Waals surface area contributed by atoms with Crippen molar-refractivity contribution in [2.45, 2.75) is 0 Å². The van der Waals surface area contributed by atoms with E-state index < -0.39 is 0 Å². The number of thiocarbonyl (C=S) groups is 1. The van der Waals surface area contributed by atoms with Gasteiger partial charge in [-0.25, -0.2) is 0 Å². The van der Waals surface area contributed by atoms with E-state index in [1.807, 2.05) is 56.6 Å². The molecule has 2 aromatic rings. The van der Waals surface area contributed by atoms with Gasteiger partial charge in [-0.2, -0.15) is 0 Å². The molecule has 0 heterocycles. The average molecular weight is 256 g/mol. The standard InChI is InChI=1S/C15H16N2S/c1-17(2)14-10-8-13(9-11-14)16-15(18)12-6-4-3-5-7-12/h3-11H,1-2H3,(H,16,18). The zero-order valence-corrected chi connectivity index (χ0v) is 11.4. The molecule has 0 saturated carbocycles. The van der Waals surface area contributed by atoms with E-state index in [0.717, 1.165) is 16.2 Å². The molecule has 0 aromatic heterocycles. The molecule has 0 saturated heterocycles. The van der Waals surface area contributed by atoms with Gasteiger partial charge in [0.25, 0.3) is 0 Å². The highest BCUT2D eigenvalue weighted by Crippen LogP contribution is 2.16. The summed E-state index contributed by atoms with van der Waals surface area (Å²) in [5.41, 5.74) is 3.21. The van der Waals surface area contributed by atoms with E-state index in [4.69, 9.17) is 12.2 Å². The molecule has 1 N–H and O–H groups in total. The van der Waals surface area contributed by atoms with E-state index in [2.05, 4.69) is 22.3 Å². The van der Waals surface area contributed by atoms with Crippen LogP contribution in [0, 0.1) is 0 Å². The lowest BCUT2D eigenvalue weighted by Crippen LogP contribution is -2.11. The van der Waals surface area contributed by atoms with Crippen molar-refractivity contribution >= 4 is 28.6 Å². The second kappa shape index (κ2) is 5.65. The van der Waals surface area contributed by atoms with Gasteiger partial charge < -0.3 is 10.2 Å². The number of nitrogens with one attached hydrogen (secondary N) is 1. The maximum Gasteiger partial charge on any atom is 0.110 e. The molecule has 0 radical (unpaired) electrons. The van der Waals surface area contributed by atoms with E-state index in [0.29, 0.717) is 0 Å². The number of hydrogen-bond acceptors (Lipinski definition) is 2. The highest BCUT2D eigenvalue weighted by molar-refractivity contribution is 7.81. The number of hydrogen-bond donors (Lipinski definition) is 1. The van der Waals surface area contributed by atoms with Gasteiger partial charge in [0.2, 0.25) is 0 Å². The van der Waals surface area contributed by atoms with Crippen LogP contribution in [0.4, 0.5) is 11.4 Å². The number of anilines is 2. The Bertz CT molecular complexity index is 518. The van der Waals surface area contributed by atoms with Crippen LogP contribution in [0.1, 0.15) is 5.56 Å². The van der Waals surface area contributed by atoms with Crippen molar-refractivity contribution in [2.75, 3.05) is 24.3 Å². The highest BCUT2D eigenvalue weighted by Gasteiger charge is 2.01. The molecule has 0 aliphatic heterocycles. The van der Waals surface area contributed by atoms with Crippen LogP contribution in [0.5, 0.6) is 0 Å². The van der Waals surface area contributed by atoms with Gasteiger partial charge in [-0.3, -0.25) is 0 Å². The third-order valence-corrected chi connectivity index (χ3v) is 3.02. The Kier molecular flexibility index (Phi) is 3.95. The maximum absolute atomic E-state index is 5.37. The normalized spacial score (nSPS) is 9.89. The van der Waals surface area contributed by atoms with Gasteiger partial charge in [0, 0.05) is 31.0 Å². The summed E-state index contributed by atoms with van der Waals surface area (Å²) in [6.07, 6.45) is 0. The first-order valence-electron chi connectivity index (χ1n) is 5.80. The van der Waals surface area contributed by atoms with Crippen molar-refractivity contribution in [1.29, 1.82) is 0 Å². The van der Waals surface area contributed by atoms with Crippen molar-refractivity contribution in [3.8, 4) is 0 Å². The summed E-state index contributed by atoms with van der Waals surface area (Å²) in [6.45, 7) is 0. The number of benzene rings is 2. The van der Waals surface area contributed by atoms with Crippen LogP contribution in [0.15, 0.2) is 54.6 Å². The smallest absolute Gasteiger partial charge is 0.110 e.